The Balaban J connectivity index is 2.53. The van der Waals surface area contributed by atoms with E-state index in [-0.39, 0.29) is 0 Å². The van der Waals surface area contributed by atoms with Gasteiger partial charge in [-0.3, -0.25) is 0 Å². The summed E-state index contributed by atoms with van der Waals surface area (Å²) in [6.45, 7) is 3.79. The van der Waals surface area contributed by atoms with Crippen LogP contribution < -0.4 is 0 Å². The van der Waals surface area contributed by atoms with Gasteiger partial charge in [-0.2, -0.15) is 0 Å². The summed E-state index contributed by atoms with van der Waals surface area (Å²) in [7, 11) is 0. The molecule has 0 fully saturated rings. The fraction of sp³-hybridized carbons (Fsp3) is 0. The molecule has 2 aromatic rings. The molecule has 2 heterocycles. The second-order valence-electron chi connectivity index (χ2n) is 2.14. The van der Waals surface area contributed by atoms with Crippen LogP contribution in [-0.4, -0.2) is 25.6 Å². The summed E-state index contributed by atoms with van der Waals surface area (Å²) in [6, 6.07) is 0. The van der Waals surface area contributed by atoms with Gasteiger partial charge in [0.05, 0.1) is 0 Å². The molecule has 0 aliphatic rings. The van der Waals surface area contributed by atoms with Crippen molar-refractivity contribution >= 4 is 0 Å². The predicted molar refractivity (Wildman–Crippen MR) is 38.4 cm³/mol. The van der Waals surface area contributed by atoms with Crippen LogP contribution in [0.3, 0.4) is 0 Å². The predicted octanol–water partition coefficient (Wildman–Crippen LogP) is 0.377. The van der Waals surface area contributed by atoms with Gasteiger partial charge in [0.15, 0.2) is 5.82 Å². The monoisotopic (exact) mass is 148 g/mol. The smallest absolute Gasteiger partial charge is 0.181 e. The molecular weight excluding hydrogens is 142 g/mol. The van der Waals surface area contributed by atoms with E-state index in [9.17, 15) is 0 Å². The van der Waals surface area contributed by atoms with E-state index in [1.54, 1.807) is 12.4 Å². The molecule has 0 saturated carbocycles. The maximum atomic E-state index is 3.79. The van der Waals surface area contributed by atoms with Crippen LogP contribution in [0.1, 0.15) is 5.56 Å². The van der Waals surface area contributed by atoms with Gasteiger partial charge in [-0.05, 0) is 22.9 Å². The third kappa shape index (κ3) is 0.899. The van der Waals surface area contributed by atoms with Crippen LogP contribution in [0, 0.1) is 6.92 Å². The SMILES string of the molecule is [CH2]c1c[nH]cc1-c1nnn[nH]1. The summed E-state index contributed by atoms with van der Waals surface area (Å²) in [5.74, 6) is 0.635. The van der Waals surface area contributed by atoms with Crippen molar-refractivity contribution in [1.29, 1.82) is 0 Å². The summed E-state index contributed by atoms with van der Waals surface area (Å²) in [6.07, 6.45) is 3.59. The zero-order valence-corrected chi connectivity index (χ0v) is 5.70. The number of tetrazole rings is 1. The first kappa shape index (κ1) is 6.09. The van der Waals surface area contributed by atoms with Crippen molar-refractivity contribution < 1.29 is 0 Å². The Morgan fingerprint density at radius 1 is 1.36 bits per heavy atom. The first-order valence-corrected chi connectivity index (χ1v) is 3.11. The van der Waals surface area contributed by atoms with Crippen LogP contribution in [-0.2, 0) is 0 Å². The van der Waals surface area contributed by atoms with Gasteiger partial charge in [-0.15, -0.1) is 5.10 Å². The number of nitrogens with one attached hydrogen (secondary N) is 2. The van der Waals surface area contributed by atoms with Gasteiger partial charge in [0.25, 0.3) is 0 Å². The minimum atomic E-state index is 0.635. The van der Waals surface area contributed by atoms with Crippen LogP contribution in [0.2, 0.25) is 0 Å². The Morgan fingerprint density at radius 2 is 2.27 bits per heavy atom. The number of aromatic amines is 2. The molecule has 11 heavy (non-hydrogen) atoms. The molecule has 5 heteroatoms. The van der Waals surface area contributed by atoms with E-state index < -0.39 is 0 Å². The molecule has 2 N–H and O–H groups in total. The maximum absolute atomic E-state index is 3.79. The Hall–Kier alpha value is -1.65. The Morgan fingerprint density at radius 3 is 2.82 bits per heavy atom. The average molecular weight is 148 g/mol. The second kappa shape index (κ2) is 2.19. The molecule has 0 aliphatic carbocycles. The normalized spacial score (nSPS) is 10.3. The van der Waals surface area contributed by atoms with E-state index in [1.165, 1.54) is 0 Å². The molecule has 0 aliphatic heterocycles. The van der Waals surface area contributed by atoms with Gasteiger partial charge in [-0.25, -0.2) is 5.10 Å². The van der Waals surface area contributed by atoms with Crippen molar-refractivity contribution in [3.05, 3.63) is 24.9 Å². The summed E-state index contributed by atoms with van der Waals surface area (Å²) >= 11 is 0. The minimum absolute atomic E-state index is 0.635. The van der Waals surface area contributed by atoms with Crippen molar-refractivity contribution in [1.82, 2.24) is 25.6 Å². The van der Waals surface area contributed by atoms with Gasteiger partial charge >= 0.3 is 0 Å². The van der Waals surface area contributed by atoms with Crippen LogP contribution in [0.25, 0.3) is 11.4 Å². The molecule has 0 saturated heterocycles. The molecule has 55 valence electrons. The van der Waals surface area contributed by atoms with E-state index in [1.807, 2.05) is 0 Å². The molecule has 0 atom stereocenters. The molecule has 1 radical (unpaired) electrons. The summed E-state index contributed by atoms with van der Waals surface area (Å²) in [5.41, 5.74) is 1.78. The van der Waals surface area contributed by atoms with Crippen molar-refractivity contribution in [2.45, 2.75) is 0 Å². The highest BCUT2D eigenvalue weighted by molar-refractivity contribution is 5.59. The topological polar surface area (TPSA) is 70.2 Å². The quantitative estimate of drug-likeness (QED) is 0.614. The lowest BCUT2D eigenvalue weighted by Crippen LogP contribution is -1.79. The van der Waals surface area contributed by atoms with Gasteiger partial charge in [0, 0.05) is 18.0 Å². The van der Waals surface area contributed by atoms with E-state index in [2.05, 4.69) is 32.5 Å². The van der Waals surface area contributed by atoms with E-state index in [0.717, 1.165) is 11.1 Å². The van der Waals surface area contributed by atoms with Crippen LogP contribution in [0.15, 0.2) is 12.4 Å². The molecule has 0 amide bonds. The van der Waals surface area contributed by atoms with Crippen molar-refractivity contribution in [3.63, 3.8) is 0 Å². The zero-order valence-electron chi connectivity index (χ0n) is 5.70. The van der Waals surface area contributed by atoms with Gasteiger partial charge in [-0.1, -0.05) is 0 Å². The molecule has 0 spiro atoms. The number of hydrogen-bond acceptors (Lipinski definition) is 3. The molecule has 0 bridgehead atoms. The fourth-order valence-electron chi connectivity index (χ4n) is 0.890. The fourth-order valence-corrected chi connectivity index (χ4v) is 0.890. The highest BCUT2D eigenvalue weighted by Gasteiger charge is 2.04. The molecule has 0 aromatic carbocycles. The van der Waals surface area contributed by atoms with E-state index in [4.69, 9.17) is 0 Å². The molecule has 5 nitrogen and oxygen atoms in total. The van der Waals surface area contributed by atoms with Crippen LogP contribution in [0.5, 0.6) is 0 Å². The molecule has 0 unspecified atom stereocenters. The zero-order chi connectivity index (χ0) is 7.68. The van der Waals surface area contributed by atoms with Gasteiger partial charge in [0.1, 0.15) is 0 Å². The number of rotatable bonds is 1. The highest BCUT2D eigenvalue weighted by Crippen LogP contribution is 2.16. The number of hydrogen-bond donors (Lipinski definition) is 2. The first-order chi connectivity index (χ1) is 5.38. The van der Waals surface area contributed by atoms with Gasteiger partial charge in [0.2, 0.25) is 0 Å². The lowest BCUT2D eigenvalue weighted by Gasteiger charge is -1.88. The Bertz CT molecular complexity index is 333. The van der Waals surface area contributed by atoms with E-state index >= 15 is 0 Å². The van der Waals surface area contributed by atoms with Crippen LogP contribution in [0.4, 0.5) is 0 Å². The summed E-state index contributed by atoms with van der Waals surface area (Å²) in [4.78, 5) is 2.91. The highest BCUT2D eigenvalue weighted by atomic mass is 15.5. The van der Waals surface area contributed by atoms with Crippen molar-refractivity contribution in [3.8, 4) is 11.4 Å². The maximum Gasteiger partial charge on any atom is 0.181 e. The molecular formula is C6H6N5. The Labute approximate surface area is 62.8 Å². The lowest BCUT2D eigenvalue weighted by molar-refractivity contribution is 0.881. The summed E-state index contributed by atoms with van der Waals surface area (Å²) in [5, 5.41) is 13.3. The Kier molecular flexibility index (Phi) is 1.21. The number of nitrogens with zero attached hydrogens (tertiary/aromatic N) is 3. The van der Waals surface area contributed by atoms with E-state index in [0.29, 0.717) is 5.82 Å². The minimum Gasteiger partial charge on any atom is -0.367 e. The number of aromatic nitrogens is 5. The average Bonchev–Trinajstić information content (AvgIpc) is 2.55. The lowest BCUT2D eigenvalue weighted by atomic mass is 10.2. The standard InChI is InChI=1S/C6H6N5/c1-4-2-7-3-5(4)6-8-10-11-9-6/h2-3,7H,1H2,(H,8,9,10,11). The molecule has 2 aromatic heterocycles. The van der Waals surface area contributed by atoms with Crippen LogP contribution >= 0.6 is 0 Å². The largest absolute Gasteiger partial charge is 0.367 e. The van der Waals surface area contributed by atoms with Crippen molar-refractivity contribution in [2.24, 2.45) is 0 Å². The third-order valence-corrected chi connectivity index (χ3v) is 1.43. The molecule has 2 rings (SSSR count). The summed E-state index contributed by atoms with van der Waals surface area (Å²) < 4.78 is 0. The second-order valence-corrected chi connectivity index (χ2v) is 2.14. The first-order valence-electron chi connectivity index (χ1n) is 3.11. The third-order valence-electron chi connectivity index (χ3n) is 1.43. The van der Waals surface area contributed by atoms with Gasteiger partial charge < -0.3 is 4.98 Å². The van der Waals surface area contributed by atoms with Crippen molar-refractivity contribution in [2.75, 3.05) is 0 Å². The number of H-pyrrole nitrogens is 2.